The van der Waals surface area contributed by atoms with E-state index in [1.54, 1.807) is 0 Å². The van der Waals surface area contributed by atoms with Gasteiger partial charge in [-0.3, -0.25) is 4.90 Å². The van der Waals surface area contributed by atoms with Gasteiger partial charge in [0.2, 0.25) is 0 Å². The minimum atomic E-state index is 0.613. The highest BCUT2D eigenvalue weighted by Gasteiger charge is 2.25. The minimum Gasteiger partial charge on any atom is -0.313 e. The summed E-state index contributed by atoms with van der Waals surface area (Å²) in [5.74, 6) is 2.87. The maximum Gasteiger partial charge on any atom is 0.0110 e. The summed E-state index contributed by atoms with van der Waals surface area (Å²) in [6.45, 7) is 18.1. The third-order valence-electron chi connectivity index (χ3n) is 5.80. The van der Waals surface area contributed by atoms with E-state index in [0.717, 1.165) is 24.3 Å². The molecular formula is C19H39N3. The van der Waals surface area contributed by atoms with Gasteiger partial charge >= 0.3 is 0 Å². The van der Waals surface area contributed by atoms with Crippen LogP contribution >= 0.6 is 0 Å². The predicted molar refractivity (Wildman–Crippen MR) is 96.3 cm³/mol. The lowest BCUT2D eigenvalue weighted by molar-refractivity contribution is 0.101. The van der Waals surface area contributed by atoms with Gasteiger partial charge in [0.05, 0.1) is 0 Å². The van der Waals surface area contributed by atoms with Crippen LogP contribution < -0.4 is 5.32 Å². The van der Waals surface area contributed by atoms with Crippen molar-refractivity contribution in [2.45, 2.75) is 59.4 Å². The highest BCUT2D eigenvalue weighted by molar-refractivity contribution is 4.79. The topological polar surface area (TPSA) is 18.5 Å². The molecule has 3 nitrogen and oxygen atoms in total. The van der Waals surface area contributed by atoms with E-state index in [2.05, 4.69) is 42.8 Å². The van der Waals surface area contributed by atoms with Crippen molar-refractivity contribution >= 4 is 0 Å². The second-order valence-corrected chi connectivity index (χ2v) is 8.28. The van der Waals surface area contributed by atoms with Gasteiger partial charge in [-0.2, -0.15) is 0 Å². The van der Waals surface area contributed by atoms with E-state index < -0.39 is 0 Å². The summed E-state index contributed by atoms with van der Waals surface area (Å²) in [6, 6.07) is 0.613. The number of rotatable bonds is 7. The maximum atomic E-state index is 3.53. The van der Waals surface area contributed by atoms with Gasteiger partial charge in [-0.25, -0.2) is 0 Å². The summed E-state index contributed by atoms with van der Waals surface area (Å²) in [7, 11) is 0. The van der Waals surface area contributed by atoms with Crippen molar-refractivity contribution in [3.05, 3.63) is 0 Å². The summed E-state index contributed by atoms with van der Waals surface area (Å²) in [5, 5.41) is 3.53. The van der Waals surface area contributed by atoms with E-state index in [9.17, 15) is 0 Å². The Balaban J connectivity index is 1.58. The molecule has 0 aromatic rings. The molecule has 0 atom stereocenters. The molecule has 0 aromatic heterocycles. The first-order valence-electron chi connectivity index (χ1n) is 9.72. The molecule has 1 aliphatic heterocycles. The van der Waals surface area contributed by atoms with Gasteiger partial charge in [-0.05, 0) is 43.4 Å². The summed E-state index contributed by atoms with van der Waals surface area (Å²) in [5.41, 5.74) is 0. The highest BCUT2D eigenvalue weighted by Crippen LogP contribution is 2.33. The van der Waals surface area contributed by atoms with Crippen LogP contribution in [0, 0.1) is 17.8 Å². The molecule has 1 aliphatic carbocycles. The Labute approximate surface area is 138 Å². The molecule has 2 fully saturated rings. The second-order valence-electron chi connectivity index (χ2n) is 8.28. The van der Waals surface area contributed by atoms with Crippen LogP contribution in [0.1, 0.15) is 53.4 Å². The van der Waals surface area contributed by atoms with Crippen molar-refractivity contribution in [3.8, 4) is 0 Å². The first kappa shape index (κ1) is 18.2. The number of nitrogens with zero attached hydrogens (tertiary/aromatic N) is 2. The van der Waals surface area contributed by atoms with Crippen LogP contribution in [0.5, 0.6) is 0 Å². The Morgan fingerprint density at radius 1 is 0.864 bits per heavy atom. The standard InChI is InChI=1S/C19H39N3/c1-16(2)19-7-5-18(6-8-19)15-22-13-11-21(12-14-22)10-9-20-17(3)4/h16-20H,5-15H2,1-4H3. The van der Waals surface area contributed by atoms with Gasteiger partial charge in [0, 0.05) is 51.9 Å². The SMILES string of the molecule is CC(C)NCCN1CCN(CC2CCC(C(C)C)CC2)CC1. The van der Waals surface area contributed by atoms with Gasteiger partial charge in [-0.15, -0.1) is 0 Å². The van der Waals surface area contributed by atoms with Crippen molar-refractivity contribution in [2.75, 3.05) is 45.8 Å². The van der Waals surface area contributed by atoms with Crippen molar-refractivity contribution in [3.63, 3.8) is 0 Å². The molecule has 0 radical (unpaired) electrons. The summed E-state index contributed by atoms with van der Waals surface area (Å²) in [4.78, 5) is 5.36. The average molecular weight is 310 g/mol. The molecular weight excluding hydrogens is 270 g/mol. The third kappa shape index (κ3) is 6.17. The molecule has 130 valence electrons. The largest absolute Gasteiger partial charge is 0.313 e. The number of nitrogens with one attached hydrogen (secondary N) is 1. The number of hydrogen-bond donors (Lipinski definition) is 1. The van der Waals surface area contributed by atoms with Gasteiger partial charge in [0.15, 0.2) is 0 Å². The molecule has 0 aromatic carbocycles. The summed E-state index contributed by atoms with van der Waals surface area (Å²) < 4.78 is 0. The van der Waals surface area contributed by atoms with Gasteiger partial charge < -0.3 is 10.2 Å². The van der Waals surface area contributed by atoms with Crippen molar-refractivity contribution in [2.24, 2.45) is 17.8 Å². The van der Waals surface area contributed by atoms with Crippen LogP contribution in [0.2, 0.25) is 0 Å². The van der Waals surface area contributed by atoms with E-state index in [1.807, 2.05) is 0 Å². The van der Waals surface area contributed by atoms with Gasteiger partial charge in [0.1, 0.15) is 0 Å². The molecule has 2 aliphatic rings. The van der Waals surface area contributed by atoms with E-state index in [4.69, 9.17) is 0 Å². The molecule has 2 rings (SSSR count). The molecule has 0 amide bonds. The molecule has 1 saturated carbocycles. The minimum absolute atomic E-state index is 0.613. The fraction of sp³-hybridized carbons (Fsp3) is 1.00. The first-order chi connectivity index (χ1) is 10.5. The lowest BCUT2D eigenvalue weighted by Gasteiger charge is -2.38. The fourth-order valence-corrected chi connectivity index (χ4v) is 4.11. The maximum absolute atomic E-state index is 3.53. The van der Waals surface area contributed by atoms with Gasteiger partial charge in [-0.1, -0.05) is 27.7 Å². The van der Waals surface area contributed by atoms with Crippen molar-refractivity contribution in [1.82, 2.24) is 15.1 Å². The molecule has 1 saturated heterocycles. The number of hydrogen-bond acceptors (Lipinski definition) is 3. The summed E-state index contributed by atoms with van der Waals surface area (Å²) >= 11 is 0. The predicted octanol–water partition coefficient (Wildman–Crippen LogP) is 3.06. The zero-order valence-electron chi connectivity index (χ0n) is 15.5. The zero-order valence-corrected chi connectivity index (χ0v) is 15.5. The number of piperazine rings is 1. The monoisotopic (exact) mass is 309 g/mol. The molecule has 0 bridgehead atoms. The van der Waals surface area contributed by atoms with E-state index >= 15 is 0 Å². The van der Waals surface area contributed by atoms with E-state index in [0.29, 0.717) is 6.04 Å². The Bertz CT molecular complexity index is 287. The Morgan fingerprint density at radius 3 is 2.00 bits per heavy atom. The van der Waals surface area contributed by atoms with Crippen LogP contribution in [-0.4, -0.2) is 61.7 Å². The van der Waals surface area contributed by atoms with E-state index in [1.165, 1.54) is 65.0 Å². The quantitative estimate of drug-likeness (QED) is 0.780. The smallest absolute Gasteiger partial charge is 0.0110 e. The van der Waals surface area contributed by atoms with Crippen LogP contribution in [0.4, 0.5) is 0 Å². The van der Waals surface area contributed by atoms with Gasteiger partial charge in [0.25, 0.3) is 0 Å². The molecule has 0 spiro atoms. The zero-order chi connectivity index (χ0) is 15.9. The first-order valence-corrected chi connectivity index (χ1v) is 9.72. The Hall–Kier alpha value is -0.120. The molecule has 22 heavy (non-hydrogen) atoms. The van der Waals surface area contributed by atoms with Crippen LogP contribution in [0.3, 0.4) is 0 Å². The molecule has 0 unspecified atom stereocenters. The molecule has 1 N–H and O–H groups in total. The highest BCUT2D eigenvalue weighted by atomic mass is 15.3. The fourth-order valence-electron chi connectivity index (χ4n) is 4.11. The summed E-state index contributed by atoms with van der Waals surface area (Å²) in [6.07, 6.45) is 5.90. The Kier molecular flexibility index (Phi) is 7.66. The van der Waals surface area contributed by atoms with Crippen LogP contribution in [0.25, 0.3) is 0 Å². The van der Waals surface area contributed by atoms with E-state index in [-0.39, 0.29) is 0 Å². The van der Waals surface area contributed by atoms with Crippen molar-refractivity contribution < 1.29 is 0 Å². The lowest BCUT2D eigenvalue weighted by Crippen LogP contribution is -2.49. The van der Waals surface area contributed by atoms with Crippen LogP contribution in [-0.2, 0) is 0 Å². The third-order valence-corrected chi connectivity index (χ3v) is 5.80. The second kappa shape index (κ2) is 9.24. The molecule has 3 heteroatoms. The molecule has 1 heterocycles. The lowest BCUT2D eigenvalue weighted by atomic mass is 9.77. The normalized spacial score (nSPS) is 28.6. The Morgan fingerprint density at radius 2 is 1.45 bits per heavy atom. The van der Waals surface area contributed by atoms with Crippen molar-refractivity contribution in [1.29, 1.82) is 0 Å². The average Bonchev–Trinajstić information content (AvgIpc) is 2.49. The van der Waals surface area contributed by atoms with Crippen LogP contribution in [0.15, 0.2) is 0 Å².